The highest BCUT2D eigenvalue weighted by atomic mass is 16.6. The molecular formula is C19H21NO5. The van der Waals surface area contributed by atoms with Gasteiger partial charge in [-0.25, -0.2) is 0 Å². The second-order valence-corrected chi connectivity index (χ2v) is 5.65. The standard InChI is InChI=1S/C19H21NO5/c1-22-15-9-7-13(11-18(15)23-2)20-19(21)10-8-14-12-24-16-5-3-4-6-17(16)25-14/h3-7,9,11,14H,8,10,12H2,1-2H3,(H,20,21). The minimum absolute atomic E-state index is 0.0883. The van der Waals surface area contributed by atoms with E-state index in [0.717, 1.165) is 11.5 Å². The molecule has 0 aromatic heterocycles. The number of ether oxygens (including phenoxy) is 4. The van der Waals surface area contributed by atoms with Crippen molar-refractivity contribution in [3.63, 3.8) is 0 Å². The molecule has 6 nitrogen and oxygen atoms in total. The van der Waals surface area contributed by atoms with Crippen LogP contribution in [0.2, 0.25) is 0 Å². The molecule has 1 amide bonds. The Balaban J connectivity index is 1.52. The molecule has 1 heterocycles. The van der Waals surface area contributed by atoms with Crippen molar-refractivity contribution in [2.45, 2.75) is 18.9 Å². The third-order valence-corrected chi connectivity index (χ3v) is 3.93. The van der Waals surface area contributed by atoms with Gasteiger partial charge in [0.15, 0.2) is 23.0 Å². The van der Waals surface area contributed by atoms with Crippen LogP contribution in [0.15, 0.2) is 42.5 Å². The van der Waals surface area contributed by atoms with Gasteiger partial charge in [0.1, 0.15) is 12.7 Å². The molecule has 0 fully saturated rings. The predicted molar refractivity (Wildman–Crippen MR) is 93.8 cm³/mol. The first-order valence-electron chi connectivity index (χ1n) is 8.10. The van der Waals surface area contributed by atoms with Crippen molar-refractivity contribution in [1.29, 1.82) is 0 Å². The minimum Gasteiger partial charge on any atom is -0.493 e. The number of carbonyl (C=O) groups is 1. The van der Waals surface area contributed by atoms with Gasteiger partial charge in [0.2, 0.25) is 5.91 Å². The van der Waals surface area contributed by atoms with Crippen molar-refractivity contribution in [1.82, 2.24) is 0 Å². The summed E-state index contributed by atoms with van der Waals surface area (Å²) < 4.78 is 21.9. The number of hydrogen-bond acceptors (Lipinski definition) is 5. The molecule has 25 heavy (non-hydrogen) atoms. The number of rotatable bonds is 6. The zero-order chi connectivity index (χ0) is 17.6. The molecule has 1 aliphatic rings. The maximum absolute atomic E-state index is 12.2. The third kappa shape index (κ3) is 4.15. The molecule has 6 heteroatoms. The Kier molecular flexibility index (Phi) is 5.28. The van der Waals surface area contributed by atoms with Crippen LogP contribution >= 0.6 is 0 Å². The van der Waals surface area contributed by atoms with E-state index in [1.165, 1.54) is 0 Å². The van der Waals surface area contributed by atoms with E-state index in [-0.39, 0.29) is 12.0 Å². The highest BCUT2D eigenvalue weighted by Gasteiger charge is 2.21. The van der Waals surface area contributed by atoms with Crippen molar-refractivity contribution in [2.24, 2.45) is 0 Å². The first-order valence-corrected chi connectivity index (χ1v) is 8.10. The van der Waals surface area contributed by atoms with Crippen LogP contribution in [-0.2, 0) is 4.79 Å². The molecule has 1 atom stereocenters. The predicted octanol–water partition coefficient (Wildman–Crippen LogP) is 3.26. The maximum Gasteiger partial charge on any atom is 0.224 e. The molecule has 1 aliphatic heterocycles. The van der Waals surface area contributed by atoms with E-state index in [0.29, 0.717) is 36.6 Å². The third-order valence-electron chi connectivity index (χ3n) is 3.93. The topological polar surface area (TPSA) is 66.0 Å². The fraction of sp³-hybridized carbons (Fsp3) is 0.316. The Hall–Kier alpha value is -2.89. The summed E-state index contributed by atoms with van der Waals surface area (Å²) in [7, 11) is 3.13. The van der Waals surface area contributed by atoms with Gasteiger partial charge in [-0.3, -0.25) is 4.79 Å². The zero-order valence-electron chi connectivity index (χ0n) is 14.3. The second kappa shape index (κ2) is 7.79. The summed E-state index contributed by atoms with van der Waals surface area (Å²) in [6.07, 6.45) is 0.781. The number of hydrogen-bond donors (Lipinski definition) is 1. The summed E-state index contributed by atoms with van der Waals surface area (Å²) in [5.74, 6) is 2.56. The number of fused-ring (bicyclic) bond motifs is 1. The number of amides is 1. The first-order chi connectivity index (χ1) is 12.2. The fourth-order valence-electron chi connectivity index (χ4n) is 2.63. The molecule has 0 bridgehead atoms. The molecule has 1 unspecified atom stereocenters. The van der Waals surface area contributed by atoms with Crippen LogP contribution in [0.25, 0.3) is 0 Å². The van der Waals surface area contributed by atoms with Crippen molar-refractivity contribution >= 4 is 11.6 Å². The van der Waals surface area contributed by atoms with Gasteiger partial charge >= 0.3 is 0 Å². The summed E-state index contributed by atoms with van der Waals surface area (Å²) in [6, 6.07) is 12.8. The van der Waals surface area contributed by atoms with Crippen LogP contribution in [0.4, 0.5) is 5.69 Å². The Labute approximate surface area is 146 Å². The minimum atomic E-state index is -0.133. The average Bonchev–Trinajstić information content (AvgIpc) is 2.66. The SMILES string of the molecule is COc1ccc(NC(=O)CCC2COc3ccccc3O2)cc1OC. The molecule has 0 aliphatic carbocycles. The van der Waals surface area contributed by atoms with Gasteiger partial charge in [-0.2, -0.15) is 0 Å². The van der Waals surface area contributed by atoms with E-state index in [4.69, 9.17) is 18.9 Å². The number of benzene rings is 2. The number of methoxy groups -OCH3 is 2. The van der Waals surface area contributed by atoms with E-state index < -0.39 is 0 Å². The largest absolute Gasteiger partial charge is 0.493 e. The number of carbonyl (C=O) groups excluding carboxylic acids is 1. The quantitative estimate of drug-likeness (QED) is 0.872. The molecule has 2 aromatic carbocycles. The van der Waals surface area contributed by atoms with Crippen molar-refractivity contribution in [3.05, 3.63) is 42.5 Å². The zero-order valence-corrected chi connectivity index (χ0v) is 14.3. The molecule has 2 aromatic rings. The van der Waals surface area contributed by atoms with Crippen LogP contribution in [0.1, 0.15) is 12.8 Å². The Morgan fingerprint density at radius 3 is 2.64 bits per heavy atom. The molecule has 1 N–H and O–H groups in total. The molecule has 132 valence electrons. The second-order valence-electron chi connectivity index (χ2n) is 5.65. The molecule has 0 radical (unpaired) electrons. The van der Waals surface area contributed by atoms with Crippen LogP contribution in [0.5, 0.6) is 23.0 Å². The van der Waals surface area contributed by atoms with Crippen LogP contribution in [0.3, 0.4) is 0 Å². The summed E-state index contributed by atoms with van der Waals surface area (Å²) >= 11 is 0. The van der Waals surface area contributed by atoms with Gasteiger partial charge in [0, 0.05) is 18.2 Å². The van der Waals surface area contributed by atoms with Gasteiger partial charge in [0.25, 0.3) is 0 Å². The number of anilines is 1. The van der Waals surface area contributed by atoms with Crippen molar-refractivity contribution < 1.29 is 23.7 Å². The van der Waals surface area contributed by atoms with Crippen LogP contribution in [0, 0.1) is 0 Å². The van der Waals surface area contributed by atoms with Gasteiger partial charge in [-0.05, 0) is 30.7 Å². The van der Waals surface area contributed by atoms with Gasteiger partial charge in [0.05, 0.1) is 14.2 Å². The van der Waals surface area contributed by atoms with E-state index in [2.05, 4.69) is 5.32 Å². The Morgan fingerprint density at radius 1 is 1.12 bits per heavy atom. The molecule has 0 saturated carbocycles. The summed E-state index contributed by atoms with van der Waals surface area (Å²) in [4.78, 5) is 12.2. The highest BCUT2D eigenvalue weighted by molar-refractivity contribution is 5.91. The van der Waals surface area contributed by atoms with Crippen molar-refractivity contribution in [3.8, 4) is 23.0 Å². The fourth-order valence-corrected chi connectivity index (χ4v) is 2.63. The Morgan fingerprint density at radius 2 is 1.88 bits per heavy atom. The lowest BCUT2D eigenvalue weighted by atomic mass is 10.1. The van der Waals surface area contributed by atoms with Gasteiger partial charge < -0.3 is 24.3 Å². The smallest absolute Gasteiger partial charge is 0.224 e. The highest BCUT2D eigenvalue weighted by Crippen LogP contribution is 2.32. The van der Waals surface area contributed by atoms with Crippen LogP contribution in [-0.4, -0.2) is 32.8 Å². The molecular weight excluding hydrogens is 322 g/mol. The van der Waals surface area contributed by atoms with Gasteiger partial charge in [-0.15, -0.1) is 0 Å². The maximum atomic E-state index is 12.2. The van der Waals surface area contributed by atoms with Crippen molar-refractivity contribution in [2.75, 3.05) is 26.1 Å². The molecule has 0 saturated heterocycles. The summed E-state index contributed by atoms with van der Waals surface area (Å²) in [5, 5.41) is 2.86. The van der Waals surface area contributed by atoms with Gasteiger partial charge in [-0.1, -0.05) is 12.1 Å². The first kappa shape index (κ1) is 17.0. The number of nitrogens with one attached hydrogen (secondary N) is 1. The van der Waals surface area contributed by atoms with E-state index in [1.54, 1.807) is 32.4 Å². The van der Waals surface area contributed by atoms with E-state index in [9.17, 15) is 4.79 Å². The lowest BCUT2D eigenvalue weighted by molar-refractivity contribution is -0.116. The normalized spacial score (nSPS) is 15.4. The number of para-hydroxylation sites is 2. The average molecular weight is 343 g/mol. The Bertz CT molecular complexity index is 746. The van der Waals surface area contributed by atoms with E-state index >= 15 is 0 Å². The monoisotopic (exact) mass is 343 g/mol. The lowest BCUT2D eigenvalue weighted by Crippen LogP contribution is -2.30. The lowest BCUT2D eigenvalue weighted by Gasteiger charge is -2.26. The molecule has 0 spiro atoms. The summed E-state index contributed by atoms with van der Waals surface area (Å²) in [6.45, 7) is 0.445. The van der Waals surface area contributed by atoms with Crippen LogP contribution < -0.4 is 24.3 Å². The summed E-state index contributed by atoms with van der Waals surface area (Å²) in [5.41, 5.74) is 0.661. The molecule has 3 rings (SSSR count). The van der Waals surface area contributed by atoms with E-state index in [1.807, 2.05) is 24.3 Å².